The fourth-order valence-electron chi connectivity index (χ4n) is 4.51. The van der Waals surface area contributed by atoms with E-state index < -0.39 is 21.7 Å². The molecule has 206 valence electrons. The summed E-state index contributed by atoms with van der Waals surface area (Å²) in [7, 11) is -0.807. The minimum absolute atomic E-state index is 0.213. The second-order valence-electron chi connectivity index (χ2n) is 9.24. The van der Waals surface area contributed by atoms with Crippen LogP contribution < -0.4 is 9.62 Å². The quantitative estimate of drug-likeness (QED) is 0.286. The number of benzene rings is 2. The highest BCUT2D eigenvalue weighted by atomic mass is 32.2. The zero-order valence-corrected chi connectivity index (χ0v) is 22.9. The number of nitrogens with zero attached hydrogens (tertiary/aromatic N) is 4. The zero-order valence-electron chi connectivity index (χ0n) is 22.0. The topological polar surface area (TPSA) is 131 Å². The Morgan fingerprint density at radius 1 is 0.951 bits per heavy atom. The summed E-state index contributed by atoms with van der Waals surface area (Å²) in [6, 6.07) is 17.4. The van der Waals surface area contributed by atoms with Gasteiger partial charge < -0.3 is 14.2 Å². The predicted molar refractivity (Wildman–Crippen MR) is 152 cm³/mol. The van der Waals surface area contributed by atoms with Gasteiger partial charge in [-0.05, 0) is 54.6 Å². The van der Waals surface area contributed by atoms with Gasteiger partial charge in [-0.1, -0.05) is 6.07 Å². The SMILES string of the molecule is CNC(=O)c1c(-c2ccc(F)cc2)oc2cc(N(C)S(C)(=O)=O)c(-c3cccc(-c4nc5ncccc5o4)n3)cc12. The van der Waals surface area contributed by atoms with Crippen LogP contribution in [0.4, 0.5) is 10.1 Å². The fraction of sp³-hybridized carbons (Fsp3) is 0.103. The van der Waals surface area contributed by atoms with Crippen molar-refractivity contribution in [2.45, 2.75) is 0 Å². The molecule has 0 bridgehead atoms. The highest BCUT2D eigenvalue weighted by Gasteiger charge is 2.26. The number of aromatic nitrogens is 3. The van der Waals surface area contributed by atoms with E-state index in [1.807, 2.05) is 0 Å². The number of carbonyl (C=O) groups excluding carboxylic acids is 1. The third-order valence-corrected chi connectivity index (χ3v) is 7.80. The van der Waals surface area contributed by atoms with Crippen LogP contribution in [0, 0.1) is 5.82 Å². The highest BCUT2D eigenvalue weighted by Crippen LogP contribution is 2.41. The number of anilines is 1. The number of halogens is 1. The average Bonchev–Trinajstić information content (AvgIpc) is 3.57. The number of fused-ring (bicyclic) bond motifs is 2. The highest BCUT2D eigenvalue weighted by molar-refractivity contribution is 7.92. The smallest absolute Gasteiger partial charge is 0.255 e. The second kappa shape index (κ2) is 9.82. The molecule has 41 heavy (non-hydrogen) atoms. The van der Waals surface area contributed by atoms with Crippen molar-refractivity contribution in [2.24, 2.45) is 0 Å². The van der Waals surface area contributed by atoms with Crippen LogP contribution in [-0.2, 0) is 10.0 Å². The average molecular weight is 572 g/mol. The van der Waals surface area contributed by atoms with Crippen molar-refractivity contribution in [2.75, 3.05) is 24.7 Å². The third kappa shape index (κ3) is 4.67. The van der Waals surface area contributed by atoms with E-state index in [9.17, 15) is 17.6 Å². The Labute approximate surface area is 233 Å². The van der Waals surface area contributed by atoms with Gasteiger partial charge in [0.1, 0.15) is 22.9 Å². The largest absolute Gasteiger partial charge is 0.455 e. The summed E-state index contributed by atoms with van der Waals surface area (Å²) >= 11 is 0. The van der Waals surface area contributed by atoms with Gasteiger partial charge in [-0.25, -0.2) is 22.8 Å². The molecule has 6 aromatic rings. The summed E-state index contributed by atoms with van der Waals surface area (Å²) < 4.78 is 52.0. The number of hydrogen-bond donors (Lipinski definition) is 1. The number of carbonyl (C=O) groups is 1. The van der Waals surface area contributed by atoms with E-state index in [-0.39, 0.29) is 28.5 Å². The molecule has 1 N–H and O–H groups in total. The van der Waals surface area contributed by atoms with Gasteiger partial charge in [-0.15, -0.1) is 0 Å². The van der Waals surface area contributed by atoms with E-state index >= 15 is 0 Å². The number of sulfonamides is 1. The van der Waals surface area contributed by atoms with Crippen molar-refractivity contribution in [1.82, 2.24) is 20.3 Å². The molecule has 0 radical (unpaired) electrons. The van der Waals surface area contributed by atoms with E-state index in [1.165, 1.54) is 38.4 Å². The Balaban J connectivity index is 1.61. The lowest BCUT2D eigenvalue weighted by molar-refractivity contribution is 0.0964. The predicted octanol–water partition coefficient (Wildman–Crippen LogP) is 5.26. The van der Waals surface area contributed by atoms with E-state index in [2.05, 4.69) is 15.3 Å². The molecule has 0 saturated carbocycles. The van der Waals surface area contributed by atoms with Crippen molar-refractivity contribution < 1.29 is 26.4 Å². The van der Waals surface area contributed by atoms with Crippen molar-refractivity contribution in [3.05, 3.63) is 84.3 Å². The molecular formula is C29H22FN5O5S. The number of hydrogen-bond acceptors (Lipinski definition) is 8. The van der Waals surface area contributed by atoms with Crippen molar-refractivity contribution >= 4 is 43.8 Å². The molecule has 4 heterocycles. The van der Waals surface area contributed by atoms with Crippen LogP contribution in [0.5, 0.6) is 0 Å². The van der Waals surface area contributed by atoms with Crippen LogP contribution in [-0.4, -0.2) is 49.6 Å². The van der Waals surface area contributed by atoms with E-state index in [0.717, 1.165) is 10.6 Å². The molecule has 0 aliphatic carbocycles. The normalized spacial score (nSPS) is 11.7. The van der Waals surface area contributed by atoms with Crippen molar-refractivity contribution in [3.8, 4) is 34.2 Å². The van der Waals surface area contributed by atoms with Crippen molar-refractivity contribution in [3.63, 3.8) is 0 Å². The first kappa shape index (κ1) is 26.1. The lowest BCUT2D eigenvalue weighted by Crippen LogP contribution is -2.25. The number of furan rings is 1. The molecule has 12 heteroatoms. The zero-order chi connectivity index (χ0) is 28.9. The molecular weight excluding hydrogens is 549 g/mol. The number of nitrogens with one attached hydrogen (secondary N) is 1. The molecule has 2 aromatic carbocycles. The van der Waals surface area contributed by atoms with Crippen LogP contribution in [0.25, 0.3) is 56.4 Å². The first-order valence-corrected chi connectivity index (χ1v) is 14.2. The molecule has 0 aliphatic heterocycles. The minimum Gasteiger partial charge on any atom is -0.455 e. The fourth-order valence-corrected chi connectivity index (χ4v) is 5.02. The summed E-state index contributed by atoms with van der Waals surface area (Å²) in [4.78, 5) is 26.5. The Hall–Kier alpha value is -5.10. The van der Waals surface area contributed by atoms with Crippen LogP contribution in [0.1, 0.15) is 10.4 Å². The molecule has 0 atom stereocenters. The van der Waals surface area contributed by atoms with E-state index in [1.54, 1.807) is 48.7 Å². The Morgan fingerprint density at radius 3 is 2.41 bits per heavy atom. The maximum absolute atomic E-state index is 13.6. The summed E-state index contributed by atoms with van der Waals surface area (Å²) in [6.45, 7) is 0. The van der Waals surface area contributed by atoms with Gasteiger partial charge >= 0.3 is 0 Å². The maximum Gasteiger partial charge on any atom is 0.255 e. The molecule has 1 amide bonds. The summed E-state index contributed by atoms with van der Waals surface area (Å²) in [5.41, 5.74) is 3.36. The van der Waals surface area contributed by atoms with Crippen LogP contribution in [0.2, 0.25) is 0 Å². The molecule has 0 unspecified atom stereocenters. The number of amides is 1. The molecule has 0 fully saturated rings. The van der Waals surface area contributed by atoms with Gasteiger partial charge in [0.25, 0.3) is 5.91 Å². The number of rotatable bonds is 6. The Bertz CT molecular complexity index is 2040. The maximum atomic E-state index is 13.6. The molecule has 10 nitrogen and oxygen atoms in total. The second-order valence-corrected chi connectivity index (χ2v) is 11.3. The standard InChI is InChI=1S/C29H22FN5O5S/c1-31-28(36)25-19-14-18(20-6-4-7-21(33-20)29-34-27-23(40-29)8-5-13-32-27)22(35(2)41(3,37)38)15-24(19)39-26(25)16-9-11-17(30)12-10-16/h4-15H,1-3H3,(H,31,36). The van der Waals surface area contributed by atoms with E-state index in [4.69, 9.17) is 13.8 Å². The van der Waals surface area contributed by atoms with Gasteiger partial charge in [0.15, 0.2) is 11.2 Å². The summed E-state index contributed by atoms with van der Waals surface area (Å²) in [5, 5.41) is 3.04. The van der Waals surface area contributed by atoms with Crippen LogP contribution >= 0.6 is 0 Å². The molecule has 0 spiro atoms. The molecule has 6 rings (SSSR count). The molecule has 4 aromatic heterocycles. The third-order valence-electron chi connectivity index (χ3n) is 6.61. The van der Waals surface area contributed by atoms with Gasteiger partial charge in [-0.2, -0.15) is 4.98 Å². The molecule has 0 aliphatic rings. The number of oxazole rings is 1. The first-order valence-electron chi connectivity index (χ1n) is 12.4. The van der Waals surface area contributed by atoms with Crippen LogP contribution in [0.3, 0.4) is 0 Å². The summed E-state index contributed by atoms with van der Waals surface area (Å²) in [5.74, 6) is -0.414. The van der Waals surface area contributed by atoms with Gasteiger partial charge in [-0.3, -0.25) is 9.10 Å². The monoisotopic (exact) mass is 571 g/mol. The van der Waals surface area contributed by atoms with Crippen molar-refractivity contribution in [1.29, 1.82) is 0 Å². The summed E-state index contributed by atoms with van der Waals surface area (Å²) in [6.07, 6.45) is 2.69. The number of pyridine rings is 2. The Morgan fingerprint density at radius 2 is 1.71 bits per heavy atom. The lowest BCUT2D eigenvalue weighted by Gasteiger charge is -2.20. The van der Waals surface area contributed by atoms with Gasteiger partial charge in [0.05, 0.1) is 23.2 Å². The molecule has 0 saturated heterocycles. The van der Waals surface area contributed by atoms with Gasteiger partial charge in [0, 0.05) is 42.9 Å². The lowest BCUT2D eigenvalue weighted by atomic mass is 10.0. The van der Waals surface area contributed by atoms with E-state index in [0.29, 0.717) is 39.1 Å². The van der Waals surface area contributed by atoms with Crippen LogP contribution in [0.15, 0.2) is 81.8 Å². The first-order chi connectivity index (χ1) is 19.6. The van der Waals surface area contributed by atoms with Gasteiger partial charge in [0.2, 0.25) is 15.9 Å². The Kier molecular flexibility index (Phi) is 6.26. The minimum atomic E-state index is -3.71.